The van der Waals surface area contributed by atoms with Crippen LogP contribution in [0, 0.1) is 0 Å². The fourth-order valence-corrected chi connectivity index (χ4v) is 2.84. The van der Waals surface area contributed by atoms with Crippen molar-refractivity contribution in [1.82, 2.24) is 5.32 Å². The maximum atomic E-state index is 12.0. The molecule has 1 aromatic rings. The van der Waals surface area contributed by atoms with Crippen molar-refractivity contribution in [2.75, 3.05) is 6.54 Å². The van der Waals surface area contributed by atoms with Gasteiger partial charge in [0.1, 0.15) is 5.78 Å². The molecule has 1 atom stereocenters. The monoisotopic (exact) mass is 273 g/mol. The van der Waals surface area contributed by atoms with Gasteiger partial charge in [-0.05, 0) is 42.9 Å². The van der Waals surface area contributed by atoms with E-state index in [1.165, 1.54) is 24.8 Å². The number of carbonyl (C=O) groups excluding carboxylic acids is 1. The van der Waals surface area contributed by atoms with Gasteiger partial charge in [-0.2, -0.15) is 0 Å². The van der Waals surface area contributed by atoms with Gasteiger partial charge in [0, 0.05) is 18.9 Å². The minimum absolute atomic E-state index is 0.370. The largest absolute Gasteiger partial charge is 0.314 e. The van der Waals surface area contributed by atoms with Gasteiger partial charge < -0.3 is 5.32 Å². The smallest absolute Gasteiger partial charge is 0.137 e. The summed E-state index contributed by atoms with van der Waals surface area (Å²) in [4.78, 5) is 12.0. The van der Waals surface area contributed by atoms with E-state index in [0.717, 1.165) is 18.5 Å². The van der Waals surface area contributed by atoms with E-state index in [1.54, 1.807) is 0 Å². The van der Waals surface area contributed by atoms with E-state index in [4.69, 9.17) is 0 Å². The van der Waals surface area contributed by atoms with Crippen LogP contribution in [-0.4, -0.2) is 18.4 Å². The van der Waals surface area contributed by atoms with Crippen LogP contribution >= 0.6 is 0 Å². The Morgan fingerprint density at radius 2 is 2.00 bits per heavy atom. The molecule has 1 fully saturated rings. The molecule has 0 spiro atoms. The Kier molecular flexibility index (Phi) is 5.78. The highest BCUT2D eigenvalue weighted by Gasteiger charge is 2.14. The molecule has 1 aromatic carbocycles. The van der Waals surface area contributed by atoms with Crippen LogP contribution in [0.25, 0.3) is 0 Å². The fraction of sp³-hybridized carbons (Fsp3) is 0.611. The van der Waals surface area contributed by atoms with Gasteiger partial charge in [0.2, 0.25) is 0 Å². The zero-order valence-electron chi connectivity index (χ0n) is 12.8. The molecule has 0 saturated carbocycles. The Labute approximate surface area is 123 Å². The van der Waals surface area contributed by atoms with Gasteiger partial charge >= 0.3 is 0 Å². The van der Waals surface area contributed by atoms with Crippen LogP contribution in [0.5, 0.6) is 0 Å². The molecule has 1 unspecified atom stereocenters. The summed E-state index contributed by atoms with van der Waals surface area (Å²) in [7, 11) is 0. The van der Waals surface area contributed by atoms with Gasteiger partial charge in [-0.15, -0.1) is 0 Å². The second kappa shape index (κ2) is 7.58. The van der Waals surface area contributed by atoms with E-state index in [9.17, 15) is 4.79 Å². The topological polar surface area (TPSA) is 29.1 Å². The van der Waals surface area contributed by atoms with E-state index < -0.39 is 0 Å². The lowest BCUT2D eigenvalue weighted by atomic mass is 9.96. The highest BCUT2D eigenvalue weighted by Crippen LogP contribution is 2.16. The summed E-state index contributed by atoms with van der Waals surface area (Å²) in [5, 5.41) is 3.51. The molecule has 110 valence electrons. The molecule has 2 rings (SSSR count). The van der Waals surface area contributed by atoms with Crippen molar-refractivity contribution in [3.63, 3.8) is 0 Å². The molecule has 20 heavy (non-hydrogen) atoms. The van der Waals surface area contributed by atoms with Crippen LogP contribution < -0.4 is 5.32 Å². The molecular weight excluding hydrogens is 246 g/mol. The third kappa shape index (κ3) is 4.75. The summed E-state index contributed by atoms with van der Waals surface area (Å²) in [6.45, 7) is 5.50. The Balaban J connectivity index is 1.75. The van der Waals surface area contributed by atoms with E-state index in [2.05, 4.69) is 43.4 Å². The average molecular weight is 273 g/mol. The van der Waals surface area contributed by atoms with Gasteiger partial charge in [-0.1, -0.05) is 44.5 Å². The normalized spacial score (nSPS) is 19.2. The predicted molar refractivity (Wildman–Crippen MR) is 84.1 cm³/mol. The van der Waals surface area contributed by atoms with Gasteiger partial charge in [-0.3, -0.25) is 4.79 Å². The van der Waals surface area contributed by atoms with Gasteiger partial charge in [0.15, 0.2) is 0 Å². The van der Waals surface area contributed by atoms with Crippen molar-refractivity contribution in [2.45, 2.75) is 64.3 Å². The lowest BCUT2D eigenvalue weighted by Gasteiger charge is -2.22. The molecular formula is C18H27NO. The van der Waals surface area contributed by atoms with Crippen molar-refractivity contribution in [1.29, 1.82) is 0 Å². The third-order valence-electron chi connectivity index (χ3n) is 4.23. The predicted octanol–water partition coefficient (Wildman–Crippen LogP) is 3.84. The average Bonchev–Trinajstić information content (AvgIpc) is 2.47. The number of benzene rings is 1. The second-order valence-corrected chi connectivity index (χ2v) is 6.30. The number of carbonyl (C=O) groups is 1. The van der Waals surface area contributed by atoms with Gasteiger partial charge in [0.05, 0.1) is 0 Å². The van der Waals surface area contributed by atoms with E-state index in [0.29, 0.717) is 30.6 Å². The Morgan fingerprint density at radius 1 is 1.25 bits per heavy atom. The molecule has 0 aliphatic carbocycles. The summed E-state index contributed by atoms with van der Waals surface area (Å²) in [6, 6.07) is 9.07. The molecule has 2 heteroatoms. The third-order valence-corrected chi connectivity index (χ3v) is 4.23. The number of Topliss-reactive ketones (excluding diaryl/α,β-unsaturated/α-hetero) is 1. The SMILES string of the molecule is CC(C)c1ccc(CC(=O)CCC2CCCCN2)cc1. The number of rotatable bonds is 6. The lowest BCUT2D eigenvalue weighted by molar-refractivity contribution is -0.118. The van der Waals surface area contributed by atoms with Crippen LogP contribution in [0.3, 0.4) is 0 Å². The summed E-state index contributed by atoms with van der Waals surface area (Å²) in [6.07, 6.45) is 6.13. The first-order valence-corrected chi connectivity index (χ1v) is 7.99. The summed E-state index contributed by atoms with van der Waals surface area (Å²) in [5.74, 6) is 0.923. The highest BCUT2D eigenvalue weighted by molar-refractivity contribution is 5.80. The van der Waals surface area contributed by atoms with Crippen LogP contribution in [0.4, 0.5) is 0 Å². The Hall–Kier alpha value is -1.15. The number of hydrogen-bond acceptors (Lipinski definition) is 2. The summed E-state index contributed by atoms with van der Waals surface area (Å²) >= 11 is 0. The van der Waals surface area contributed by atoms with Crippen LogP contribution in [0.2, 0.25) is 0 Å². The molecule has 0 bridgehead atoms. The minimum atomic E-state index is 0.370. The highest BCUT2D eigenvalue weighted by atomic mass is 16.1. The molecule has 1 saturated heterocycles. The zero-order chi connectivity index (χ0) is 14.4. The summed E-state index contributed by atoms with van der Waals surface area (Å²) < 4.78 is 0. The molecule has 1 aliphatic heterocycles. The van der Waals surface area contributed by atoms with Crippen LogP contribution in [0.1, 0.15) is 63.0 Å². The minimum Gasteiger partial charge on any atom is -0.314 e. The molecule has 0 radical (unpaired) electrons. The van der Waals surface area contributed by atoms with Crippen molar-refractivity contribution < 1.29 is 4.79 Å². The fourth-order valence-electron chi connectivity index (χ4n) is 2.84. The number of piperidine rings is 1. The molecule has 0 aromatic heterocycles. The number of nitrogens with one attached hydrogen (secondary N) is 1. The second-order valence-electron chi connectivity index (χ2n) is 6.30. The number of ketones is 1. The van der Waals surface area contributed by atoms with E-state index >= 15 is 0 Å². The standard InChI is InChI=1S/C18H27NO/c1-14(2)16-8-6-15(7-9-16)13-18(20)11-10-17-5-3-4-12-19-17/h6-9,14,17,19H,3-5,10-13H2,1-2H3. The van der Waals surface area contributed by atoms with Crippen molar-refractivity contribution in [3.05, 3.63) is 35.4 Å². The van der Waals surface area contributed by atoms with Crippen molar-refractivity contribution in [2.24, 2.45) is 0 Å². The van der Waals surface area contributed by atoms with Crippen LogP contribution in [-0.2, 0) is 11.2 Å². The summed E-state index contributed by atoms with van der Waals surface area (Å²) in [5.41, 5.74) is 2.49. The van der Waals surface area contributed by atoms with Gasteiger partial charge in [0.25, 0.3) is 0 Å². The first-order valence-electron chi connectivity index (χ1n) is 7.99. The van der Waals surface area contributed by atoms with Crippen molar-refractivity contribution >= 4 is 5.78 Å². The van der Waals surface area contributed by atoms with Crippen molar-refractivity contribution in [3.8, 4) is 0 Å². The molecule has 0 amide bonds. The quantitative estimate of drug-likeness (QED) is 0.853. The molecule has 2 nitrogen and oxygen atoms in total. The molecule has 1 aliphatic rings. The zero-order valence-corrected chi connectivity index (χ0v) is 12.8. The van der Waals surface area contributed by atoms with E-state index in [-0.39, 0.29) is 0 Å². The molecule has 1 heterocycles. The lowest BCUT2D eigenvalue weighted by Crippen LogP contribution is -2.34. The van der Waals surface area contributed by atoms with Gasteiger partial charge in [-0.25, -0.2) is 0 Å². The Morgan fingerprint density at radius 3 is 2.60 bits per heavy atom. The van der Waals surface area contributed by atoms with E-state index in [1.807, 2.05) is 0 Å². The number of hydrogen-bond donors (Lipinski definition) is 1. The first-order chi connectivity index (χ1) is 9.65. The maximum absolute atomic E-state index is 12.0. The molecule has 1 N–H and O–H groups in total. The first kappa shape index (κ1) is 15.2. The maximum Gasteiger partial charge on any atom is 0.137 e. The Bertz CT molecular complexity index is 416. The van der Waals surface area contributed by atoms with Crippen LogP contribution in [0.15, 0.2) is 24.3 Å².